The minimum Gasteiger partial charge on any atom is -0.338 e. The van der Waals surface area contributed by atoms with Crippen molar-refractivity contribution < 1.29 is 13.7 Å². The second-order valence-corrected chi connectivity index (χ2v) is 6.65. The fourth-order valence-corrected chi connectivity index (χ4v) is 3.26. The summed E-state index contributed by atoms with van der Waals surface area (Å²) in [7, 11) is 0. The number of nitrogens with zero attached hydrogens (tertiary/aromatic N) is 3. The van der Waals surface area contributed by atoms with Crippen molar-refractivity contribution in [2.75, 3.05) is 6.54 Å². The molecule has 1 unspecified atom stereocenters. The van der Waals surface area contributed by atoms with E-state index in [1.54, 1.807) is 17.0 Å². The van der Waals surface area contributed by atoms with Crippen molar-refractivity contribution in [3.05, 3.63) is 70.8 Å². The second kappa shape index (κ2) is 6.88. The summed E-state index contributed by atoms with van der Waals surface area (Å²) < 4.78 is 18.6. The molecular weight excluding hydrogens is 357 g/mol. The first-order valence-corrected chi connectivity index (χ1v) is 8.58. The lowest BCUT2D eigenvalue weighted by atomic mass is 10.1. The number of likely N-dealkylation sites (tertiary alicyclic amines) is 1. The van der Waals surface area contributed by atoms with E-state index in [9.17, 15) is 9.18 Å². The molecule has 1 amide bonds. The van der Waals surface area contributed by atoms with E-state index in [2.05, 4.69) is 10.1 Å². The quantitative estimate of drug-likeness (QED) is 0.694. The number of hydrogen-bond acceptors (Lipinski definition) is 4. The van der Waals surface area contributed by atoms with Gasteiger partial charge in [0.05, 0.1) is 5.02 Å². The summed E-state index contributed by atoms with van der Waals surface area (Å²) in [5.41, 5.74) is 1.62. The topological polar surface area (TPSA) is 59.2 Å². The number of carbonyl (C=O) groups excluding carboxylic acids is 1. The normalized spacial score (nSPS) is 17.1. The number of carbonyl (C=O) groups is 1. The Morgan fingerprint density at radius 3 is 2.81 bits per heavy atom. The lowest BCUT2D eigenvalue weighted by molar-refractivity contribution is -0.128. The van der Waals surface area contributed by atoms with E-state index < -0.39 is 5.82 Å². The molecule has 1 fully saturated rings. The average Bonchev–Trinajstić information content (AvgIpc) is 3.27. The first kappa shape index (κ1) is 16.7. The number of hydrogen-bond donors (Lipinski definition) is 0. The van der Waals surface area contributed by atoms with Gasteiger partial charge < -0.3 is 9.42 Å². The van der Waals surface area contributed by atoms with Gasteiger partial charge in [-0.3, -0.25) is 4.79 Å². The Balaban J connectivity index is 1.48. The Bertz CT molecular complexity index is 945. The molecule has 0 bridgehead atoms. The zero-order valence-electron chi connectivity index (χ0n) is 13.7. The molecule has 3 aromatic rings. The summed E-state index contributed by atoms with van der Waals surface area (Å²) in [5, 5.41) is 4.09. The minimum atomic E-state index is -0.471. The first-order valence-electron chi connectivity index (χ1n) is 8.21. The molecule has 132 valence electrons. The Morgan fingerprint density at radius 2 is 2.04 bits per heavy atom. The zero-order chi connectivity index (χ0) is 18.1. The van der Waals surface area contributed by atoms with Crippen LogP contribution in [0, 0.1) is 5.82 Å². The van der Waals surface area contributed by atoms with Gasteiger partial charge in [-0.25, -0.2) is 4.39 Å². The van der Waals surface area contributed by atoms with Gasteiger partial charge in [-0.2, -0.15) is 4.98 Å². The van der Waals surface area contributed by atoms with Crippen LogP contribution in [0.15, 0.2) is 53.1 Å². The molecular formula is C19H15ClFN3O2. The second-order valence-electron chi connectivity index (χ2n) is 6.25. The van der Waals surface area contributed by atoms with Gasteiger partial charge in [0.1, 0.15) is 5.82 Å². The van der Waals surface area contributed by atoms with E-state index in [0.29, 0.717) is 31.2 Å². The molecule has 1 atom stereocenters. The number of amides is 1. The number of benzene rings is 2. The van der Waals surface area contributed by atoms with E-state index >= 15 is 0 Å². The van der Waals surface area contributed by atoms with Crippen LogP contribution in [0.5, 0.6) is 0 Å². The number of rotatable bonds is 4. The van der Waals surface area contributed by atoms with Crippen LogP contribution < -0.4 is 0 Å². The van der Waals surface area contributed by atoms with Crippen LogP contribution >= 0.6 is 11.6 Å². The van der Waals surface area contributed by atoms with Crippen LogP contribution in [0.4, 0.5) is 4.39 Å². The molecule has 2 heterocycles. The Kier molecular flexibility index (Phi) is 4.42. The average molecular weight is 372 g/mol. The maximum Gasteiger partial charge on any atom is 0.257 e. The van der Waals surface area contributed by atoms with E-state index in [0.717, 1.165) is 11.1 Å². The van der Waals surface area contributed by atoms with Crippen LogP contribution in [0.1, 0.15) is 23.7 Å². The number of halogens is 2. The summed E-state index contributed by atoms with van der Waals surface area (Å²) in [5.74, 6) is 0.371. The van der Waals surface area contributed by atoms with E-state index in [4.69, 9.17) is 16.1 Å². The van der Waals surface area contributed by atoms with Crippen LogP contribution in [0.2, 0.25) is 5.02 Å². The van der Waals surface area contributed by atoms with E-state index in [-0.39, 0.29) is 16.8 Å². The summed E-state index contributed by atoms with van der Waals surface area (Å²) in [6.07, 6.45) is 0.322. The molecule has 1 aliphatic heterocycles. The molecule has 4 rings (SSSR count). The zero-order valence-corrected chi connectivity index (χ0v) is 14.5. The van der Waals surface area contributed by atoms with Crippen molar-refractivity contribution in [3.8, 4) is 11.5 Å². The van der Waals surface area contributed by atoms with Crippen LogP contribution in [-0.2, 0) is 11.3 Å². The fraction of sp³-hybridized carbons (Fsp3) is 0.211. The Morgan fingerprint density at radius 1 is 1.23 bits per heavy atom. The molecule has 1 aliphatic rings. The fourth-order valence-electron chi connectivity index (χ4n) is 3.05. The number of aromatic nitrogens is 2. The third-order valence-electron chi connectivity index (χ3n) is 4.40. The predicted molar refractivity (Wildman–Crippen MR) is 93.9 cm³/mol. The molecule has 7 heteroatoms. The molecule has 2 aromatic carbocycles. The van der Waals surface area contributed by atoms with Crippen molar-refractivity contribution in [3.63, 3.8) is 0 Å². The van der Waals surface area contributed by atoms with Crippen molar-refractivity contribution in [1.29, 1.82) is 0 Å². The molecule has 1 aromatic heterocycles. The monoisotopic (exact) mass is 371 g/mol. The molecule has 26 heavy (non-hydrogen) atoms. The standard InChI is InChI=1S/C19H15ClFN3O2/c20-15-8-12(6-7-16(15)21)10-24-11-14(9-17(24)25)18-22-19(26-23-18)13-4-2-1-3-5-13/h1-8,14H,9-11H2. The smallest absolute Gasteiger partial charge is 0.257 e. The lowest BCUT2D eigenvalue weighted by Gasteiger charge is -2.16. The third kappa shape index (κ3) is 3.32. The molecule has 5 nitrogen and oxygen atoms in total. The highest BCUT2D eigenvalue weighted by Crippen LogP contribution is 2.29. The van der Waals surface area contributed by atoms with E-state index in [1.165, 1.54) is 6.07 Å². The Hall–Kier alpha value is -2.73. The predicted octanol–water partition coefficient (Wildman–Crippen LogP) is 4.05. The Labute approximate surface area is 154 Å². The summed E-state index contributed by atoms with van der Waals surface area (Å²) in [6, 6.07) is 14.0. The molecule has 0 spiro atoms. The van der Waals surface area contributed by atoms with Crippen LogP contribution in [0.3, 0.4) is 0 Å². The highest BCUT2D eigenvalue weighted by molar-refractivity contribution is 6.30. The van der Waals surface area contributed by atoms with Crippen LogP contribution in [-0.4, -0.2) is 27.5 Å². The molecule has 0 N–H and O–H groups in total. The van der Waals surface area contributed by atoms with Gasteiger partial charge in [-0.1, -0.05) is 41.0 Å². The van der Waals surface area contributed by atoms with E-state index in [1.807, 2.05) is 30.3 Å². The SMILES string of the molecule is O=C1CC(c2noc(-c3ccccc3)n2)CN1Cc1ccc(F)c(Cl)c1. The minimum absolute atomic E-state index is 0.00140. The van der Waals surface area contributed by atoms with Gasteiger partial charge in [0, 0.05) is 31.0 Å². The van der Waals surface area contributed by atoms with Gasteiger partial charge >= 0.3 is 0 Å². The lowest BCUT2D eigenvalue weighted by Crippen LogP contribution is -2.24. The largest absolute Gasteiger partial charge is 0.338 e. The maximum atomic E-state index is 13.3. The molecule has 0 radical (unpaired) electrons. The summed E-state index contributed by atoms with van der Waals surface area (Å²) >= 11 is 5.81. The third-order valence-corrected chi connectivity index (χ3v) is 4.69. The van der Waals surface area contributed by atoms with Gasteiger partial charge in [-0.05, 0) is 29.8 Å². The van der Waals surface area contributed by atoms with Crippen molar-refractivity contribution >= 4 is 17.5 Å². The van der Waals surface area contributed by atoms with Gasteiger partial charge in [0.15, 0.2) is 5.82 Å². The summed E-state index contributed by atoms with van der Waals surface area (Å²) in [6.45, 7) is 0.861. The molecule has 0 saturated carbocycles. The summed E-state index contributed by atoms with van der Waals surface area (Å²) in [4.78, 5) is 18.5. The van der Waals surface area contributed by atoms with Crippen LogP contribution in [0.25, 0.3) is 11.5 Å². The van der Waals surface area contributed by atoms with Gasteiger partial charge in [0.2, 0.25) is 5.91 Å². The van der Waals surface area contributed by atoms with Gasteiger partial charge in [0.25, 0.3) is 5.89 Å². The van der Waals surface area contributed by atoms with Crippen molar-refractivity contribution in [2.24, 2.45) is 0 Å². The maximum absolute atomic E-state index is 13.3. The van der Waals surface area contributed by atoms with Crippen molar-refractivity contribution in [1.82, 2.24) is 15.0 Å². The molecule has 0 aliphatic carbocycles. The first-order chi connectivity index (χ1) is 12.6. The van der Waals surface area contributed by atoms with Crippen molar-refractivity contribution in [2.45, 2.75) is 18.9 Å². The van der Waals surface area contributed by atoms with Gasteiger partial charge in [-0.15, -0.1) is 0 Å². The highest BCUT2D eigenvalue weighted by atomic mass is 35.5. The highest BCUT2D eigenvalue weighted by Gasteiger charge is 2.33. The molecule has 1 saturated heterocycles.